The van der Waals surface area contributed by atoms with E-state index in [1.807, 2.05) is 24.3 Å². The molecule has 88 valence electrons. The van der Waals surface area contributed by atoms with Crippen molar-refractivity contribution in [3.8, 4) is 0 Å². The summed E-state index contributed by atoms with van der Waals surface area (Å²) in [5.41, 5.74) is 6.63. The molecular weight excluding hydrogens is 272 g/mol. The lowest BCUT2D eigenvalue weighted by molar-refractivity contribution is 0.128. The van der Waals surface area contributed by atoms with Crippen LogP contribution < -0.4 is 5.73 Å². The number of hydrogen-bond donors (Lipinski definition) is 1. The molecule has 0 atom stereocenters. The molecule has 0 radical (unpaired) electrons. The Morgan fingerprint density at radius 1 is 1.50 bits per heavy atom. The first kappa shape index (κ1) is 13.0. The molecule has 0 aromatic heterocycles. The molecule has 0 aliphatic carbocycles. The molecule has 0 bridgehead atoms. The maximum atomic E-state index is 5.59. The molecular formula is C11H15BrN2O2. The molecule has 0 spiro atoms. The lowest BCUT2D eigenvalue weighted by Gasteiger charge is -2.02. The second-order valence-electron chi connectivity index (χ2n) is 3.23. The fourth-order valence-electron chi connectivity index (χ4n) is 1.07. The van der Waals surface area contributed by atoms with E-state index in [0.717, 1.165) is 10.0 Å². The number of hydrogen-bond acceptors (Lipinski definition) is 3. The van der Waals surface area contributed by atoms with Gasteiger partial charge in [-0.05, 0) is 17.7 Å². The van der Waals surface area contributed by atoms with Crippen molar-refractivity contribution in [2.75, 3.05) is 13.7 Å². The fraction of sp³-hybridized carbons (Fsp3) is 0.364. The van der Waals surface area contributed by atoms with E-state index in [1.54, 1.807) is 7.11 Å². The van der Waals surface area contributed by atoms with Gasteiger partial charge in [0.25, 0.3) is 0 Å². The van der Waals surface area contributed by atoms with Crippen LogP contribution in [0.1, 0.15) is 12.0 Å². The highest BCUT2D eigenvalue weighted by Gasteiger charge is 1.95. The Morgan fingerprint density at radius 2 is 2.31 bits per heavy atom. The van der Waals surface area contributed by atoms with Crippen molar-refractivity contribution in [3.05, 3.63) is 34.3 Å². The minimum atomic E-state index is 0.410. The van der Waals surface area contributed by atoms with Gasteiger partial charge >= 0.3 is 0 Å². The molecule has 0 fully saturated rings. The Balaban J connectivity index is 2.34. The SMILES string of the molecule is COCC/C(N)=N/OCc1cccc(Br)c1. The largest absolute Gasteiger partial charge is 0.390 e. The highest BCUT2D eigenvalue weighted by molar-refractivity contribution is 9.10. The van der Waals surface area contributed by atoms with E-state index in [2.05, 4.69) is 21.1 Å². The molecule has 0 heterocycles. The first-order valence-corrected chi connectivity index (χ1v) is 5.69. The zero-order chi connectivity index (χ0) is 11.8. The molecule has 0 unspecified atom stereocenters. The third-order valence-corrected chi connectivity index (χ3v) is 2.36. The summed E-state index contributed by atoms with van der Waals surface area (Å²) >= 11 is 3.38. The van der Waals surface area contributed by atoms with Crippen molar-refractivity contribution in [3.63, 3.8) is 0 Å². The normalized spacial score (nSPS) is 11.5. The van der Waals surface area contributed by atoms with Gasteiger partial charge in [-0.2, -0.15) is 0 Å². The van der Waals surface area contributed by atoms with Crippen LogP contribution in [0.2, 0.25) is 0 Å². The zero-order valence-corrected chi connectivity index (χ0v) is 10.7. The fourth-order valence-corrected chi connectivity index (χ4v) is 1.52. The molecule has 0 aliphatic heterocycles. The van der Waals surface area contributed by atoms with Gasteiger partial charge in [-0.1, -0.05) is 33.2 Å². The van der Waals surface area contributed by atoms with Crippen LogP contribution in [-0.2, 0) is 16.2 Å². The highest BCUT2D eigenvalue weighted by atomic mass is 79.9. The van der Waals surface area contributed by atoms with Crippen molar-refractivity contribution in [2.24, 2.45) is 10.9 Å². The lowest BCUT2D eigenvalue weighted by Crippen LogP contribution is -2.14. The minimum absolute atomic E-state index is 0.410. The Morgan fingerprint density at radius 3 is 3.00 bits per heavy atom. The Kier molecular flexibility index (Phi) is 5.88. The predicted octanol–water partition coefficient (Wildman–Crippen LogP) is 2.27. The molecule has 0 saturated heterocycles. The van der Waals surface area contributed by atoms with Gasteiger partial charge in [0.15, 0.2) is 0 Å². The van der Waals surface area contributed by atoms with Crippen LogP contribution in [0, 0.1) is 0 Å². The number of ether oxygens (including phenoxy) is 1. The molecule has 0 amide bonds. The first-order chi connectivity index (χ1) is 7.72. The molecule has 1 rings (SSSR count). The van der Waals surface area contributed by atoms with E-state index in [-0.39, 0.29) is 0 Å². The third kappa shape index (κ3) is 5.14. The van der Waals surface area contributed by atoms with Crippen LogP contribution >= 0.6 is 15.9 Å². The van der Waals surface area contributed by atoms with Crippen LogP contribution in [-0.4, -0.2) is 19.6 Å². The summed E-state index contributed by atoms with van der Waals surface area (Å²) in [7, 11) is 1.62. The highest BCUT2D eigenvalue weighted by Crippen LogP contribution is 2.12. The van der Waals surface area contributed by atoms with Gasteiger partial charge in [-0.15, -0.1) is 0 Å². The van der Waals surface area contributed by atoms with Crippen molar-refractivity contribution >= 4 is 21.8 Å². The van der Waals surface area contributed by atoms with E-state index in [1.165, 1.54) is 0 Å². The Bertz CT molecular complexity index is 356. The molecule has 1 aromatic carbocycles. The number of halogens is 1. The number of rotatable bonds is 6. The van der Waals surface area contributed by atoms with Crippen LogP contribution in [0.25, 0.3) is 0 Å². The summed E-state index contributed by atoms with van der Waals surface area (Å²) in [5.74, 6) is 0.442. The second kappa shape index (κ2) is 7.24. The average molecular weight is 287 g/mol. The summed E-state index contributed by atoms with van der Waals surface area (Å²) in [6, 6.07) is 7.84. The van der Waals surface area contributed by atoms with Gasteiger partial charge in [0, 0.05) is 18.0 Å². The minimum Gasteiger partial charge on any atom is -0.390 e. The van der Waals surface area contributed by atoms with Gasteiger partial charge in [-0.25, -0.2) is 0 Å². The maximum absolute atomic E-state index is 5.59. The molecule has 2 N–H and O–H groups in total. The van der Waals surface area contributed by atoms with Crippen molar-refractivity contribution in [2.45, 2.75) is 13.0 Å². The summed E-state index contributed by atoms with van der Waals surface area (Å²) < 4.78 is 5.89. The number of amidine groups is 1. The van der Waals surface area contributed by atoms with Gasteiger partial charge in [0.1, 0.15) is 12.4 Å². The van der Waals surface area contributed by atoms with Crippen LogP contribution in [0.3, 0.4) is 0 Å². The number of benzene rings is 1. The monoisotopic (exact) mass is 286 g/mol. The molecule has 4 nitrogen and oxygen atoms in total. The Hall–Kier alpha value is -1.07. The van der Waals surface area contributed by atoms with E-state index in [0.29, 0.717) is 25.5 Å². The van der Waals surface area contributed by atoms with E-state index in [4.69, 9.17) is 15.3 Å². The van der Waals surface area contributed by atoms with Gasteiger partial charge < -0.3 is 15.3 Å². The number of oxime groups is 1. The molecule has 0 aliphatic rings. The van der Waals surface area contributed by atoms with Crippen molar-refractivity contribution in [1.82, 2.24) is 0 Å². The summed E-state index contributed by atoms with van der Waals surface area (Å²) in [5, 5.41) is 3.79. The van der Waals surface area contributed by atoms with Gasteiger partial charge in [-0.3, -0.25) is 0 Å². The maximum Gasteiger partial charge on any atom is 0.142 e. The van der Waals surface area contributed by atoms with Crippen LogP contribution in [0.15, 0.2) is 33.9 Å². The number of methoxy groups -OCH3 is 1. The smallest absolute Gasteiger partial charge is 0.142 e. The molecule has 0 saturated carbocycles. The van der Waals surface area contributed by atoms with E-state index in [9.17, 15) is 0 Å². The lowest BCUT2D eigenvalue weighted by atomic mass is 10.2. The molecule has 5 heteroatoms. The van der Waals surface area contributed by atoms with E-state index >= 15 is 0 Å². The third-order valence-electron chi connectivity index (χ3n) is 1.86. The average Bonchev–Trinajstić information content (AvgIpc) is 2.26. The first-order valence-electron chi connectivity index (χ1n) is 4.90. The number of nitrogens with zero attached hydrogens (tertiary/aromatic N) is 1. The van der Waals surface area contributed by atoms with Crippen LogP contribution in [0.4, 0.5) is 0 Å². The number of nitrogens with two attached hydrogens (primary N) is 1. The summed E-state index contributed by atoms with van der Waals surface area (Å²) in [4.78, 5) is 5.12. The van der Waals surface area contributed by atoms with E-state index < -0.39 is 0 Å². The Labute approximate surface area is 104 Å². The van der Waals surface area contributed by atoms with Crippen molar-refractivity contribution < 1.29 is 9.57 Å². The van der Waals surface area contributed by atoms with Crippen LogP contribution in [0.5, 0.6) is 0 Å². The van der Waals surface area contributed by atoms with Gasteiger partial charge in [0.2, 0.25) is 0 Å². The zero-order valence-electron chi connectivity index (χ0n) is 9.15. The summed E-state index contributed by atoms with van der Waals surface area (Å²) in [6.45, 7) is 0.961. The standard InChI is InChI=1S/C11H15BrN2O2/c1-15-6-5-11(13)14-16-8-9-3-2-4-10(12)7-9/h2-4,7H,5-6,8H2,1H3,(H2,13,14). The second-order valence-corrected chi connectivity index (χ2v) is 4.14. The summed E-state index contributed by atoms with van der Waals surface area (Å²) in [6.07, 6.45) is 0.578. The molecule has 1 aromatic rings. The van der Waals surface area contributed by atoms with Gasteiger partial charge in [0.05, 0.1) is 6.61 Å². The topological polar surface area (TPSA) is 56.8 Å². The quantitative estimate of drug-likeness (QED) is 0.496. The molecule has 16 heavy (non-hydrogen) atoms. The predicted molar refractivity (Wildman–Crippen MR) is 67.0 cm³/mol. The van der Waals surface area contributed by atoms with Crippen molar-refractivity contribution in [1.29, 1.82) is 0 Å².